The van der Waals surface area contributed by atoms with Crippen molar-refractivity contribution in [3.05, 3.63) is 21.4 Å². The van der Waals surface area contributed by atoms with Gasteiger partial charge in [-0.1, -0.05) is 37.0 Å². The highest BCUT2D eigenvalue weighted by Crippen LogP contribution is 2.23. The predicted octanol–water partition coefficient (Wildman–Crippen LogP) is 2.91. The molecule has 0 bridgehead atoms. The number of aromatic nitrogens is 2. The van der Waals surface area contributed by atoms with Gasteiger partial charge in [0.2, 0.25) is 0 Å². The molecular formula is C8H10Cl2N2. The van der Waals surface area contributed by atoms with Crippen molar-refractivity contribution in [1.29, 1.82) is 0 Å². The second kappa shape index (κ2) is 4.06. The minimum absolute atomic E-state index is 0.471. The molecule has 2 nitrogen and oxygen atoms in total. The van der Waals surface area contributed by atoms with Crippen molar-refractivity contribution in [2.75, 3.05) is 0 Å². The highest BCUT2D eigenvalue weighted by Gasteiger charge is 2.10. The van der Waals surface area contributed by atoms with E-state index in [0.717, 1.165) is 24.0 Å². The van der Waals surface area contributed by atoms with Gasteiger partial charge in [-0.05, 0) is 24.0 Å². The van der Waals surface area contributed by atoms with Crippen molar-refractivity contribution < 1.29 is 0 Å². The van der Waals surface area contributed by atoms with E-state index in [-0.39, 0.29) is 0 Å². The third-order valence-corrected chi connectivity index (χ3v) is 2.40. The van der Waals surface area contributed by atoms with E-state index < -0.39 is 0 Å². The molecule has 0 unspecified atom stereocenters. The molecule has 0 saturated heterocycles. The summed E-state index contributed by atoms with van der Waals surface area (Å²) >= 11 is 11.7. The summed E-state index contributed by atoms with van der Waals surface area (Å²) in [5.41, 5.74) is 2.03. The molecule has 0 fully saturated rings. The maximum absolute atomic E-state index is 5.85. The summed E-state index contributed by atoms with van der Waals surface area (Å²) in [6, 6.07) is 0. The van der Waals surface area contributed by atoms with Crippen LogP contribution in [0.3, 0.4) is 0 Å². The van der Waals surface area contributed by atoms with Gasteiger partial charge in [-0.2, -0.15) is 0 Å². The molecule has 0 amide bonds. The summed E-state index contributed by atoms with van der Waals surface area (Å²) in [6.07, 6.45) is 1.69. The Hall–Kier alpha value is -0.340. The van der Waals surface area contributed by atoms with Gasteiger partial charge in [0.25, 0.3) is 0 Å². The minimum Gasteiger partial charge on any atom is -0.137 e. The monoisotopic (exact) mass is 204 g/mol. The van der Waals surface area contributed by atoms with Crippen LogP contribution in [0.1, 0.15) is 25.0 Å². The first-order valence-corrected chi connectivity index (χ1v) is 4.65. The fraction of sp³-hybridized carbons (Fsp3) is 0.500. The highest BCUT2D eigenvalue weighted by atomic mass is 35.5. The zero-order chi connectivity index (χ0) is 9.14. The van der Waals surface area contributed by atoms with Crippen molar-refractivity contribution in [2.24, 2.45) is 0 Å². The normalized spacial score (nSPS) is 10.3. The van der Waals surface area contributed by atoms with Crippen LogP contribution in [-0.4, -0.2) is 10.2 Å². The molecule has 0 aromatic carbocycles. The Morgan fingerprint density at radius 1 is 0.917 bits per heavy atom. The Morgan fingerprint density at radius 2 is 1.25 bits per heavy atom. The lowest BCUT2D eigenvalue weighted by atomic mass is 10.1. The third kappa shape index (κ3) is 1.70. The molecule has 66 valence electrons. The molecule has 1 rings (SSSR count). The van der Waals surface area contributed by atoms with Crippen molar-refractivity contribution in [2.45, 2.75) is 26.7 Å². The van der Waals surface area contributed by atoms with Crippen LogP contribution in [0, 0.1) is 0 Å². The molecule has 1 aromatic heterocycles. The van der Waals surface area contributed by atoms with E-state index in [1.807, 2.05) is 13.8 Å². The molecule has 1 aromatic rings. The van der Waals surface area contributed by atoms with E-state index in [9.17, 15) is 0 Å². The van der Waals surface area contributed by atoms with Gasteiger partial charge in [-0.25, -0.2) is 0 Å². The maximum atomic E-state index is 5.85. The lowest BCUT2D eigenvalue weighted by Gasteiger charge is -2.06. The maximum Gasteiger partial charge on any atom is 0.155 e. The molecule has 12 heavy (non-hydrogen) atoms. The molecule has 0 saturated carbocycles. The average Bonchev–Trinajstić information content (AvgIpc) is 2.08. The minimum atomic E-state index is 0.471. The Labute approximate surface area is 81.9 Å². The second-order valence-electron chi connectivity index (χ2n) is 2.45. The van der Waals surface area contributed by atoms with E-state index in [4.69, 9.17) is 23.2 Å². The summed E-state index contributed by atoms with van der Waals surface area (Å²) in [6.45, 7) is 4.05. The van der Waals surface area contributed by atoms with Gasteiger partial charge in [0.05, 0.1) is 0 Å². The van der Waals surface area contributed by atoms with Crippen LogP contribution in [0.25, 0.3) is 0 Å². The molecule has 0 aliphatic carbocycles. The lowest BCUT2D eigenvalue weighted by molar-refractivity contribution is 0.929. The van der Waals surface area contributed by atoms with Crippen LogP contribution in [0.4, 0.5) is 0 Å². The van der Waals surface area contributed by atoms with Crippen molar-refractivity contribution in [3.63, 3.8) is 0 Å². The number of nitrogens with zero attached hydrogens (tertiary/aromatic N) is 2. The number of hydrogen-bond donors (Lipinski definition) is 0. The predicted molar refractivity (Wildman–Crippen MR) is 50.8 cm³/mol. The summed E-state index contributed by atoms with van der Waals surface area (Å²) in [7, 11) is 0. The highest BCUT2D eigenvalue weighted by molar-refractivity contribution is 6.32. The standard InChI is InChI=1S/C8H10Cl2N2/c1-3-5-6(4-2)8(10)12-11-7(5)9/h3-4H2,1-2H3. The van der Waals surface area contributed by atoms with Crippen LogP contribution in [0.15, 0.2) is 0 Å². The summed E-state index contributed by atoms with van der Waals surface area (Å²) in [5.74, 6) is 0. The summed E-state index contributed by atoms with van der Waals surface area (Å²) < 4.78 is 0. The van der Waals surface area contributed by atoms with E-state index >= 15 is 0 Å². The number of halogens is 2. The second-order valence-corrected chi connectivity index (χ2v) is 3.16. The van der Waals surface area contributed by atoms with Crippen LogP contribution < -0.4 is 0 Å². The SMILES string of the molecule is CCc1c(Cl)nnc(Cl)c1CC. The van der Waals surface area contributed by atoms with Gasteiger partial charge < -0.3 is 0 Å². The molecule has 0 aliphatic rings. The third-order valence-electron chi connectivity index (χ3n) is 1.80. The molecule has 0 atom stereocenters. The van der Waals surface area contributed by atoms with E-state index in [1.54, 1.807) is 0 Å². The molecule has 0 radical (unpaired) electrons. The molecule has 1 heterocycles. The van der Waals surface area contributed by atoms with Gasteiger partial charge in [-0.3, -0.25) is 0 Å². The average molecular weight is 205 g/mol. The van der Waals surface area contributed by atoms with Crippen LogP contribution in [0.5, 0.6) is 0 Å². The first kappa shape index (κ1) is 9.75. The van der Waals surface area contributed by atoms with Gasteiger partial charge in [0.15, 0.2) is 10.3 Å². The first-order chi connectivity index (χ1) is 5.70. The van der Waals surface area contributed by atoms with Crippen molar-refractivity contribution in [3.8, 4) is 0 Å². The smallest absolute Gasteiger partial charge is 0.137 e. The van der Waals surface area contributed by atoms with E-state index in [1.165, 1.54) is 0 Å². The lowest BCUT2D eigenvalue weighted by Crippen LogP contribution is -1.98. The molecule has 0 aliphatic heterocycles. The van der Waals surface area contributed by atoms with Gasteiger partial charge >= 0.3 is 0 Å². The molecule has 0 spiro atoms. The van der Waals surface area contributed by atoms with Crippen molar-refractivity contribution in [1.82, 2.24) is 10.2 Å². The molecular weight excluding hydrogens is 195 g/mol. The van der Waals surface area contributed by atoms with Gasteiger partial charge in [0.1, 0.15) is 0 Å². The van der Waals surface area contributed by atoms with Gasteiger partial charge in [0, 0.05) is 0 Å². The number of rotatable bonds is 2. The summed E-state index contributed by atoms with van der Waals surface area (Å²) in [4.78, 5) is 0. The Balaban J connectivity index is 3.28. The Morgan fingerprint density at radius 3 is 1.50 bits per heavy atom. The fourth-order valence-corrected chi connectivity index (χ4v) is 1.75. The largest absolute Gasteiger partial charge is 0.155 e. The van der Waals surface area contributed by atoms with Crippen molar-refractivity contribution >= 4 is 23.2 Å². The fourth-order valence-electron chi connectivity index (χ4n) is 1.18. The quantitative estimate of drug-likeness (QED) is 0.741. The molecule has 4 heteroatoms. The van der Waals surface area contributed by atoms with Crippen LogP contribution >= 0.6 is 23.2 Å². The van der Waals surface area contributed by atoms with Crippen LogP contribution in [0.2, 0.25) is 10.3 Å². The summed E-state index contributed by atoms with van der Waals surface area (Å²) in [5, 5.41) is 8.43. The first-order valence-electron chi connectivity index (χ1n) is 3.90. The molecule has 0 N–H and O–H groups in total. The van der Waals surface area contributed by atoms with Gasteiger partial charge in [-0.15, -0.1) is 10.2 Å². The van der Waals surface area contributed by atoms with E-state index in [2.05, 4.69) is 10.2 Å². The van der Waals surface area contributed by atoms with Crippen LogP contribution in [-0.2, 0) is 12.8 Å². The zero-order valence-corrected chi connectivity index (χ0v) is 8.58. The zero-order valence-electron chi connectivity index (χ0n) is 7.06. The Bertz CT molecular complexity index is 258. The number of hydrogen-bond acceptors (Lipinski definition) is 2. The Kier molecular flexibility index (Phi) is 3.29. The topological polar surface area (TPSA) is 25.8 Å². The van der Waals surface area contributed by atoms with E-state index in [0.29, 0.717) is 10.3 Å².